The standard InChI is InChI=1S/CHNO3S.Ca/c2-1-6(3,4)5;/h(H,3,4,5);. The largest absolute Gasteiger partial charge is 0.360 e. The molecule has 0 spiro atoms. The van der Waals surface area contributed by atoms with Crippen LogP contribution in [0.2, 0.25) is 0 Å². The Morgan fingerprint density at radius 3 is 1.71 bits per heavy atom. The molecule has 0 atom stereocenters. The molecule has 0 amide bonds. The molecule has 2 radical (unpaired) electrons. The van der Waals surface area contributed by atoms with E-state index in [1.165, 1.54) is 0 Å². The fraction of sp³-hybridized carbons (Fsp3) is 0. The molecule has 0 aliphatic rings. The summed E-state index contributed by atoms with van der Waals surface area (Å²) in [7, 11) is -4.36. The van der Waals surface area contributed by atoms with Crippen LogP contribution in [0.4, 0.5) is 0 Å². The Bertz CT molecular complexity index is 164. The summed E-state index contributed by atoms with van der Waals surface area (Å²) in [6.07, 6.45) is 0. The minimum Gasteiger partial charge on any atom is -0.274 e. The van der Waals surface area contributed by atoms with Gasteiger partial charge in [-0.15, -0.1) is 0 Å². The van der Waals surface area contributed by atoms with Crippen molar-refractivity contribution in [3.63, 3.8) is 0 Å². The van der Waals surface area contributed by atoms with E-state index in [1.54, 1.807) is 0 Å². The quantitative estimate of drug-likeness (QED) is 0.206. The number of rotatable bonds is 0. The van der Waals surface area contributed by atoms with E-state index in [4.69, 9.17) is 9.81 Å². The third-order valence-corrected chi connectivity index (χ3v) is 0.346. The Hall–Kier alpha value is 0.660. The number of hydrogen-bond donors (Lipinski definition) is 1. The van der Waals surface area contributed by atoms with Gasteiger partial charge in [0.1, 0.15) is 0 Å². The number of nitrogens with zero attached hydrogens (tertiary/aromatic N) is 1. The van der Waals surface area contributed by atoms with Crippen molar-refractivity contribution < 1.29 is 13.0 Å². The second-order valence-electron chi connectivity index (χ2n) is 0.566. The van der Waals surface area contributed by atoms with Crippen LogP contribution in [0.1, 0.15) is 0 Å². The molecule has 1 N–H and O–H groups in total. The molecule has 7 heavy (non-hydrogen) atoms. The van der Waals surface area contributed by atoms with Gasteiger partial charge >= 0.3 is 10.1 Å². The van der Waals surface area contributed by atoms with Gasteiger partial charge in [-0.2, -0.15) is 13.7 Å². The first-order chi connectivity index (χ1) is 2.56. The predicted molar refractivity (Wildman–Crippen MR) is 22.9 cm³/mol. The molecule has 0 rings (SSSR count). The molecule has 0 aliphatic heterocycles. The Kier molecular flexibility index (Phi) is 5.51. The first-order valence-electron chi connectivity index (χ1n) is 0.944. The molecule has 6 heteroatoms. The molecule has 0 saturated heterocycles. The van der Waals surface area contributed by atoms with Crippen LogP contribution in [0.25, 0.3) is 0 Å². The maximum atomic E-state index is 9.19. The summed E-state index contributed by atoms with van der Waals surface area (Å²) in [6.45, 7) is 0. The molecule has 0 fully saturated rings. The number of thiocyanates is 1. The minimum absolute atomic E-state index is 0. The van der Waals surface area contributed by atoms with Gasteiger partial charge in [0.25, 0.3) is 0 Å². The smallest absolute Gasteiger partial charge is 0.274 e. The summed E-state index contributed by atoms with van der Waals surface area (Å²) in [5, 5.41) is 7.95. The van der Waals surface area contributed by atoms with Crippen molar-refractivity contribution in [3.05, 3.63) is 0 Å². The molecular weight excluding hydrogens is 146 g/mol. The van der Waals surface area contributed by atoms with Crippen molar-refractivity contribution in [2.45, 2.75) is 0 Å². The zero-order valence-electron chi connectivity index (χ0n) is 3.33. The van der Waals surface area contributed by atoms with Crippen molar-refractivity contribution in [2.75, 3.05) is 0 Å². The van der Waals surface area contributed by atoms with Crippen LogP contribution in [-0.4, -0.2) is 50.7 Å². The summed E-state index contributed by atoms with van der Waals surface area (Å²) in [4.78, 5) is 0. The van der Waals surface area contributed by atoms with E-state index in [-0.39, 0.29) is 37.7 Å². The first-order valence-corrected chi connectivity index (χ1v) is 2.38. The van der Waals surface area contributed by atoms with Gasteiger partial charge in [0.15, 0.2) is 0 Å². The molecular formula is CHCaNO3S. The van der Waals surface area contributed by atoms with E-state index in [1.807, 2.05) is 0 Å². The van der Waals surface area contributed by atoms with Gasteiger partial charge < -0.3 is 0 Å². The number of nitriles is 1. The van der Waals surface area contributed by atoms with Gasteiger partial charge in [-0.3, -0.25) is 4.55 Å². The summed E-state index contributed by atoms with van der Waals surface area (Å²) >= 11 is 0. The van der Waals surface area contributed by atoms with Gasteiger partial charge in [0.05, 0.1) is 0 Å². The van der Waals surface area contributed by atoms with E-state index in [9.17, 15) is 8.42 Å². The van der Waals surface area contributed by atoms with E-state index < -0.39 is 10.1 Å². The fourth-order valence-electron chi connectivity index (χ4n) is 0. The Labute approximate surface area is 70.9 Å². The van der Waals surface area contributed by atoms with Crippen molar-refractivity contribution in [1.29, 1.82) is 5.26 Å². The Balaban J connectivity index is 0. The second-order valence-corrected chi connectivity index (χ2v) is 1.70. The Morgan fingerprint density at radius 1 is 1.57 bits per heavy atom. The second kappa shape index (κ2) is 3.64. The summed E-state index contributed by atoms with van der Waals surface area (Å²) < 4.78 is 25.8. The molecule has 0 heterocycles. The van der Waals surface area contributed by atoms with Crippen LogP contribution < -0.4 is 0 Å². The van der Waals surface area contributed by atoms with Gasteiger partial charge in [-0.05, 0) is 0 Å². The molecule has 0 unspecified atom stereocenters. The minimum atomic E-state index is -4.36. The predicted octanol–water partition coefficient (Wildman–Crippen LogP) is -1.03. The maximum Gasteiger partial charge on any atom is 0.360 e. The fourth-order valence-corrected chi connectivity index (χ4v) is 0. The monoisotopic (exact) mass is 147 g/mol. The molecule has 36 valence electrons. The number of hydrogen-bond acceptors (Lipinski definition) is 3. The van der Waals surface area contributed by atoms with Crippen LogP contribution in [0.3, 0.4) is 0 Å². The SMILES string of the molecule is N#CS(=O)(=O)O.[Ca]. The third kappa shape index (κ3) is 10.8. The average molecular weight is 147 g/mol. The molecule has 4 nitrogen and oxygen atoms in total. The van der Waals surface area contributed by atoms with E-state index in [2.05, 4.69) is 0 Å². The van der Waals surface area contributed by atoms with Gasteiger partial charge in [0.2, 0.25) is 5.40 Å². The maximum absolute atomic E-state index is 9.19. The van der Waals surface area contributed by atoms with Crippen LogP contribution in [0.15, 0.2) is 0 Å². The molecule has 0 aromatic heterocycles. The first kappa shape index (κ1) is 10.6. The van der Waals surface area contributed by atoms with Crippen molar-refractivity contribution in [1.82, 2.24) is 0 Å². The normalized spacial score (nSPS) is 8.57. The topological polar surface area (TPSA) is 78.2 Å². The summed E-state index contributed by atoms with van der Waals surface area (Å²) in [6, 6.07) is 0. The third-order valence-electron chi connectivity index (χ3n) is 0.115. The van der Waals surface area contributed by atoms with Gasteiger partial charge in [-0.1, -0.05) is 0 Å². The van der Waals surface area contributed by atoms with Crippen molar-refractivity contribution >= 4 is 47.9 Å². The Morgan fingerprint density at radius 2 is 1.71 bits per heavy atom. The summed E-state index contributed by atoms with van der Waals surface area (Å²) in [5.74, 6) is 0. The van der Waals surface area contributed by atoms with E-state index >= 15 is 0 Å². The van der Waals surface area contributed by atoms with Crippen LogP contribution in [-0.2, 0) is 10.1 Å². The molecule has 0 aromatic rings. The molecule has 0 saturated carbocycles. The molecule has 0 aromatic carbocycles. The van der Waals surface area contributed by atoms with Crippen LogP contribution in [0.5, 0.6) is 0 Å². The van der Waals surface area contributed by atoms with Crippen LogP contribution in [0, 0.1) is 10.7 Å². The average Bonchev–Trinajstić information content (AvgIpc) is 1.35. The van der Waals surface area contributed by atoms with Crippen molar-refractivity contribution in [3.8, 4) is 5.40 Å². The van der Waals surface area contributed by atoms with Gasteiger partial charge in [-0.25, -0.2) is 0 Å². The molecule has 0 aliphatic carbocycles. The zero-order valence-corrected chi connectivity index (χ0v) is 6.35. The van der Waals surface area contributed by atoms with Crippen LogP contribution >= 0.6 is 0 Å². The van der Waals surface area contributed by atoms with E-state index in [0.29, 0.717) is 5.40 Å². The zero-order chi connectivity index (χ0) is 5.21. The van der Waals surface area contributed by atoms with Gasteiger partial charge in [0, 0.05) is 37.7 Å². The van der Waals surface area contributed by atoms with E-state index in [0.717, 1.165) is 0 Å². The molecule has 0 bridgehead atoms. The summed E-state index contributed by atoms with van der Waals surface area (Å²) in [5.41, 5.74) is 0. The van der Waals surface area contributed by atoms with Crippen molar-refractivity contribution in [2.24, 2.45) is 0 Å².